The average molecular weight is 417 g/mol. The molecule has 0 aromatic heterocycles. The van der Waals surface area contributed by atoms with E-state index in [0.29, 0.717) is 30.2 Å². The van der Waals surface area contributed by atoms with Gasteiger partial charge in [0.25, 0.3) is 0 Å². The maximum absolute atomic E-state index is 13.0. The van der Waals surface area contributed by atoms with Crippen LogP contribution in [0.4, 0.5) is 11.4 Å². The third-order valence-electron chi connectivity index (χ3n) is 4.26. The van der Waals surface area contributed by atoms with Crippen LogP contribution in [0, 0.1) is 13.8 Å². The normalized spacial score (nSPS) is 12.1. The van der Waals surface area contributed by atoms with Crippen LogP contribution in [0.1, 0.15) is 24.5 Å². The van der Waals surface area contributed by atoms with Crippen LogP contribution in [0.15, 0.2) is 55.1 Å². The van der Waals surface area contributed by atoms with Crippen molar-refractivity contribution in [2.75, 3.05) is 22.5 Å². The Morgan fingerprint density at radius 3 is 2.41 bits per heavy atom. The van der Waals surface area contributed by atoms with Crippen molar-refractivity contribution in [3.8, 4) is 5.75 Å². The minimum absolute atomic E-state index is 0.318. The molecule has 1 amide bonds. The first-order valence-electron chi connectivity index (χ1n) is 9.38. The molecule has 0 heterocycles. The van der Waals surface area contributed by atoms with E-state index in [0.717, 1.165) is 17.4 Å². The van der Waals surface area contributed by atoms with Crippen LogP contribution in [-0.4, -0.2) is 33.2 Å². The van der Waals surface area contributed by atoms with Crippen molar-refractivity contribution in [1.82, 2.24) is 0 Å². The number of aryl methyl sites for hydroxylation is 2. The van der Waals surface area contributed by atoms with E-state index in [1.807, 2.05) is 19.9 Å². The van der Waals surface area contributed by atoms with Gasteiger partial charge in [0.15, 0.2) is 0 Å². The number of hydrogen-bond donors (Lipinski definition) is 1. The smallest absolute Gasteiger partial charge is 0.248 e. The number of sulfonamides is 1. The van der Waals surface area contributed by atoms with Crippen LogP contribution in [0.2, 0.25) is 0 Å². The summed E-state index contributed by atoms with van der Waals surface area (Å²) in [6.07, 6.45) is 3.06. The fourth-order valence-electron chi connectivity index (χ4n) is 3.18. The third-order valence-corrected chi connectivity index (χ3v) is 5.44. The van der Waals surface area contributed by atoms with Gasteiger partial charge in [0.1, 0.15) is 18.4 Å². The highest BCUT2D eigenvalue weighted by Gasteiger charge is 2.31. The van der Waals surface area contributed by atoms with E-state index in [-0.39, 0.29) is 0 Å². The molecule has 0 spiro atoms. The molecule has 29 heavy (non-hydrogen) atoms. The molecule has 6 nitrogen and oxygen atoms in total. The summed E-state index contributed by atoms with van der Waals surface area (Å²) in [7, 11) is -3.68. The van der Waals surface area contributed by atoms with Crippen molar-refractivity contribution in [3.63, 3.8) is 0 Å². The van der Waals surface area contributed by atoms with Gasteiger partial charge in [0, 0.05) is 11.8 Å². The van der Waals surface area contributed by atoms with Gasteiger partial charge in [-0.3, -0.25) is 9.10 Å². The summed E-state index contributed by atoms with van der Waals surface area (Å²) < 4.78 is 31.9. The minimum atomic E-state index is -3.68. The highest BCUT2D eigenvalue weighted by molar-refractivity contribution is 7.92. The lowest BCUT2D eigenvalue weighted by molar-refractivity contribution is -0.117. The second-order valence-electron chi connectivity index (χ2n) is 6.95. The molecule has 7 heteroatoms. The topological polar surface area (TPSA) is 75.7 Å². The zero-order valence-electron chi connectivity index (χ0n) is 17.3. The first kappa shape index (κ1) is 22.5. The van der Waals surface area contributed by atoms with E-state index in [1.165, 1.54) is 4.31 Å². The first-order valence-corrected chi connectivity index (χ1v) is 11.2. The number of nitrogens with one attached hydrogen (secondary N) is 1. The number of anilines is 2. The molecule has 0 fully saturated rings. The quantitative estimate of drug-likeness (QED) is 0.626. The zero-order chi connectivity index (χ0) is 21.6. The molecular weight excluding hydrogens is 388 g/mol. The summed E-state index contributed by atoms with van der Waals surface area (Å²) in [5, 5.41) is 2.81. The molecule has 0 aliphatic heterocycles. The molecule has 0 aliphatic rings. The number of carbonyl (C=O) groups excluding carboxylic acids is 1. The van der Waals surface area contributed by atoms with Gasteiger partial charge < -0.3 is 10.1 Å². The van der Waals surface area contributed by atoms with Gasteiger partial charge >= 0.3 is 0 Å². The highest BCUT2D eigenvalue weighted by atomic mass is 32.2. The number of hydrogen-bond acceptors (Lipinski definition) is 4. The Balaban J connectivity index is 2.35. The number of ether oxygens (including phenoxy) is 1. The van der Waals surface area contributed by atoms with Gasteiger partial charge in [0.2, 0.25) is 15.9 Å². The van der Waals surface area contributed by atoms with Crippen LogP contribution in [0.25, 0.3) is 0 Å². The van der Waals surface area contributed by atoms with Gasteiger partial charge in [-0.1, -0.05) is 31.7 Å². The van der Waals surface area contributed by atoms with Crippen LogP contribution in [0.3, 0.4) is 0 Å². The summed E-state index contributed by atoms with van der Waals surface area (Å²) in [5.74, 6) is 0.183. The molecule has 0 radical (unpaired) electrons. The van der Waals surface area contributed by atoms with Crippen molar-refractivity contribution in [2.45, 2.75) is 33.2 Å². The Labute approximate surface area is 173 Å². The summed E-state index contributed by atoms with van der Waals surface area (Å²) in [4.78, 5) is 13.0. The second-order valence-corrected chi connectivity index (χ2v) is 8.80. The predicted octanol–water partition coefficient (Wildman–Crippen LogP) is 4.05. The molecule has 2 rings (SSSR count). The predicted molar refractivity (Wildman–Crippen MR) is 118 cm³/mol. The zero-order valence-corrected chi connectivity index (χ0v) is 18.1. The summed E-state index contributed by atoms with van der Waals surface area (Å²) in [6, 6.07) is 11.6. The molecule has 0 bridgehead atoms. The van der Waals surface area contributed by atoms with Gasteiger partial charge in [-0.05, 0) is 55.7 Å². The van der Waals surface area contributed by atoms with Gasteiger partial charge in [-0.2, -0.15) is 0 Å². The van der Waals surface area contributed by atoms with Crippen molar-refractivity contribution in [1.29, 1.82) is 0 Å². The fourth-order valence-corrected chi connectivity index (χ4v) is 4.38. The largest absolute Gasteiger partial charge is 0.489 e. The molecule has 2 aromatic carbocycles. The molecule has 0 aliphatic carbocycles. The lowest BCUT2D eigenvalue weighted by Gasteiger charge is -2.30. The molecule has 1 unspecified atom stereocenters. The van der Waals surface area contributed by atoms with E-state index in [4.69, 9.17) is 4.74 Å². The van der Waals surface area contributed by atoms with Crippen molar-refractivity contribution in [2.24, 2.45) is 0 Å². The van der Waals surface area contributed by atoms with Gasteiger partial charge in [-0.15, -0.1) is 0 Å². The summed E-state index contributed by atoms with van der Waals surface area (Å²) in [6.45, 7) is 9.54. The van der Waals surface area contributed by atoms with E-state index < -0.39 is 22.0 Å². The van der Waals surface area contributed by atoms with Crippen LogP contribution in [-0.2, 0) is 14.8 Å². The van der Waals surface area contributed by atoms with E-state index in [1.54, 1.807) is 49.4 Å². The number of benzene rings is 2. The molecule has 1 atom stereocenters. The Morgan fingerprint density at radius 2 is 1.86 bits per heavy atom. The molecule has 0 saturated carbocycles. The summed E-state index contributed by atoms with van der Waals surface area (Å²) in [5.41, 5.74) is 2.87. The molecule has 1 N–H and O–H groups in total. The standard InChI is InChI=1S/C22H28N2O4S/c1-6-11-28-20-10-8-9-18(15-20)23-22(25)21(7-2)24(29(5,26)27)19-13-16(3)12-17(4)14-19/h6,8-10,12-15,21H,1,7,11H2,2-5H3,(H,23,25). The summed E-state index contributed by atoms with van der Waals surface area (Å²) >= 11 is 0. The highest BCUT2D eigenvalue weighted by Crippen LogP contribution is 2.26. The van der Waals surface area contributed by atoms with Crippen LogP contribution < -0.4 is 14.4 Å². The Kier molecular flexibility index (Phi) is 7.45. The molecule has 2 aromatic rings. The SMILES string of the molecule is C=CCOc1cccc(NC(=O)C(CC)N(c2cc(C)cc(C)c2)S(C)(=O)=O)c1. The third kappa shape index (κ3) is 6.09. The van der Waals surface area contributed by atoms with Gasteiger partial charge in [0.05, 0.1) is 11.9 Å². The Morgan fingerprint density at radius 1 is 1.21 bits per heavy atom. The van der Waals surface area contributed by atoms with Gasteiger partial charge in [-0.25, -0.2) is 8.42 Å². The molecular formula is C22H28N2O4S. The Bertz CT molecular complexity index is 966. The second kappa shape index (κ2) is 9.60. The number of carbonyl (C=O) groups is 1. The van der Waals surface area contributed by atoms with E-state index in [9.17, 15) is 13.2 Å². The average Bonchev–Trinajstić information content (AvgIpc) is 2.62. The van der Waals surface area contributed by atoms with Crippen molar-refractivity contribution in [3.05, 3.63) is 66.2 Å². The van der Waals surface area contributed by atoms with Crippen LogP contribution >= 0.6 is 0 Å². The number of rotatable bonds is 9. The van der Waals surface area contributed by atoms with E-state index >= 15 is 0 Å². The molecule has 0 saturated heterocycles. The van der Waals surface area contributed by atoms with E-state index in [2.05, 4.69) is 11.9 Å². The maximum Gasteiger partial charge on any atom is 0.248 e. The fraction of sp³-hybridized carbons (Fsp3) is 0.318. The number of amides is 1. The van der Waals surface area contributed by atoms with Crippen molar-refractivity contribution < 1.29 is 17.9 Å². The van der Waals surface area contributed by atoms with Crippen molar-refractivity contribution >= 4 is 27.3 Å². The molecule has 156 valence electrons. The maximum atomic E-state index is 13.0. The number of nitrogens with zero attached hydrogens (tertiary/aromatic N) is 1. The Hall–Kier alpha value is -2.80. The lowest BCUT2D eigenvalue weighted by atomic mass is 10.1. The lowest BCUT2D eigenvalue weighted by Crippen LogP contribution is -2.47. The minimum Gasteiger partial charge on any atom is -0.489 e. The first-order chi connectivity index (χ1) is 13.7. The van der Waals surface area contributed by atoms with Crippen LogP contribution in [0.5, 0.6) is 5.75 Å². The monoisotopic (exact) mass is 416 g/mol.